The number of benzene rings is 1. The van der Waals surface area contributed by atoms with Crippen molar-refractivity contribution in [2.45, 2.75) is 18.9 Å². The Balaban J connectivity index is 1.72. The fourth-order valence-corrected chi connectivity index (χ4v) is 2.25. The summed E-state index contributed by atoms with van der Waals surface area (Å²) in [5.41, 5.74) is 2.01. The number of piperidine rings is 1. The molecule has 90 valence electrons. The molecule has 4 nitrogen and oxygen atoms in total. The standard InChI is InChI=1S/C13H17N3O/c1-16-8-6-10(7-9-16)17-13-14-11-4-2-3-5-12(11)15-13/h2-5,10H,6-9H2,1H3,(H,14,15). The second-order valence-corrected chi connectivity index (χ2v) is 4.68. The van der Waals surface area contributed by atoms with Gasteiger partial charge >= 0.3 is 0 Å². The van der Waals surface area contributed by atoms with E-state index in [0.29, 0.717) is 12.1 Å². The number of hydrogen-bond donors (Lipinski definition) is 1. The molecule has 0 unspecified atom stereocenters. The molecule has 1 fully saturated rings. The van der Waals surface area contributed by atoms with Gasteiger partial charge in [-0.2, -0.15) is 4.98 Å². The van der Waals surface area contributed by atoms with Crippen molar-refractivity contribution in [3.05, 3.63) is 24.3 Å². The van der Waals surface area contributed by atoms with Crippen LogP contribution in [0, 0.1) is 0 Å². The topological polar surface area (TPSA) is 41.1 Å². The number of H-pyrrole nitrogens is 1. The third-order valence-electron chi connectivity index (χ3n) is 3.31. The molecule has 1 aliphatic rings. The number of aromatic nitrogens is 2. The van der Waals surface area contributed by atoms with E-state index < -0.39 is 0 Å². The van der Waals surface area contributed by atoms with E-state index in [1.54, 1.807) is 0 Å². The van der Waals surface area contributed by atoms with E-state index in [4.69, 9.17) is 4.74 Å². The molecule has 2 aromatic rings. The number of hydrogen-bond acceptors (Lipinski definition) is 3. The zero-order valence-electron chi connectivity index (χ0n) is 10.0. The first kappa shape index (κ1) is 10.6. The van der Waals surface area contributed by atoms with Crippen molar-refractivity contribution in [2.24, 2.45) is 0 Å². The van der Waals surface area contributed by atoms with Crippen molar-refractivity contribution >= 4 is 11.0 Å². The highest BCUT2D eigenvalue weighted by Gasteiger charge is 2.19. The number of likely N-dealkylation sites (tertiary alicyclic amines) is 1. The Morgan fingerprint density at radius 3 is 2.82 bits per heavy atom. The van der Waals surface area contributed by atoms with Crippen LogP contribution in [0.5, 0.6) is 6.01 Å². The van der Waals surface area contributed by atoms with Crippen LogP contribution in [0.2, 0.25) is 0 Å². The molecule has 17 heavy (non-hydrogen) atoms. The molecule has 4 heteroatoms. The van der Waals surface area contributed by atoms with Gasteiger partial charge in [0.05, 0.1) is 11.0 Å². The van der Waals surface area contributed by atoms with Crippen LogP contribution in [0.4, 0.5) is 0 Å². The Hall–Kier alpha value is -1.55. The van der Waals surface area contributed by atoms with E-state index in [1.807, 2.05) is 24.3 Å². The van der Waals surface area contributed by atoms with Gasteiger partial charge in [0.2, 0.25) is 0 Å². The van der Waals surface area contributed by atoms with E-state index in [0.717, 1.165) is 37.0 Å². The molecule has 1 saturated heterocycles. The van der Waals surface area contributed by atoms with E-state index >= 15 is 0 Å². The summed E-state index contributed by atoms with van der Waals surface area (Å²) in [5.74, 6) is 0. The summed E-state index contributed by atoms with van der Waals surface area (Å²) in [6, 6.07) is 8.65. The average Bonchev–Trinajstić information content (AvgIpc) is 2.74. The van der Waals surface area contributed by atoms with Gasteiger partial charge in [0.15, 0.2) is 0 Å². The van der Waals surface area contributed by atoms with Gasteiger partial charge in [0, 0.05) is 13.1 Å². The number of imidazole rings is 1. The van der Waals surface area contributed by atoms with Gasteiger partial charge in [-0.15, -0.1) is 0 Å². The summed E-state index contributed by atoms with van der Waals surface area (Å²) in [6.07, 6.45) is 2.45. The first-order valence-corrected chi connectivity index (χ1v) is 6.11. The van der Waals surface area contributed by atoms with E-state index in [-0.39, 0.29) is 0 Å². The summed E-state index contributed by atoms with van der Waals surface area (Å²) in [4.78, 5) is 9.97. The van der Waals surface area contributed by atoms with Crippen LogP contribution in [0.25, 0.3) is 11.0 Å². The van der Waals surface area contributed by atoms with Crippen molar-refractivity contribution in [3.8, 4) is 6.01 Å². The van der Waals surface area contributed by atoms with Crippen molar-refractivity contribution in [3.63, 3.8) is 0 Å². The minimum absolute atomic E-state index is 0.298. The molecule has 0 spiro atoms. The normalized spacial score (nSPS) is 18.6. The van der Waals surface area contributed by atoms with Gasteiger partial charge in [-0.05, 0) is 32.0 Å². The number of fused-ring (bicyclic) bond motifs is 1. The highest BCUT2D eigenvalue weighted by Crippen LogP contribution is 2.19. The molecular formula is C13H17N3O. The molecule has 1 aromatic carbocycles. The van der Waals surface area contributed by atoms with Crippen LogP contribution in [-0.4, -0.2) is 41.1 Å². The monoisotopic (exact) mass is 231 g/mol. The molecule has 3 rings (SSSR count). The van der Waals surface area contributed by atoms with Crippen molar-refractivity contribution in [1.82, 2.24) is 14.9 Å². The number of aromatic amines is 1. The van der Waals surface area contributed by atoms with Crippen molar-refractivity contribution in [1.29, 1.82) is 0 Å². The lowest BCUT2D eigenvalue weighted by atomic mass is 10.1. The highest BCUT2D eigenvalue weighted by atomic mass is 16.5. The molecule has 2 heterocycles. The zero-order valence-corrected chi connectivity index (χ0v) is 10.0. The van der Waals surface area contributed by atoms with Crippen LogP contribution >= 0.6 is 0 Å². The van der Waals surface area contributed by atoms with Crippen LogP contribution in [0.1, 0.15) is 12.8 Å². The fraction of sp³-hybridized carbons (Fsp3) is 0.462. The third kappa shape index (κ3) is 2.26. The Morgan fingerprint density at radius 1 is 1.29 bits per heavy atom. The smallest absolute Gasteiger partial charge is 0.294 e. The van der Waals surface area contributed by atoms with Gasteiger partial charge < -0.3 is 14.6 Å². The minimum atomic E-state index is 0.298. The van der Waals surface area contributed by atoms with E-state index in [1.165, 1.54) is 0 Å². The summed E-state index contributed by atoms with van der Waals surface area (Å²) in [6.45, 7) is 2.20. The zero-order chi connectivity index (χ0) is 11.7. The largest absolute Gasteiger partial charge is 0.461 e. The minimum Gasteiger partial charge on any atom is -0.461 e. The summed E-state index contributed by atoms with van der Waals surface area (Å²) in [5, 5.41) is 0. The molecule has 1 aromatic heterocycles. The van der Waals surface area contributed by atoms with Crippen LogP contribution in [0.3, 0.4) is 0 Å². The van der Waals surface area contributed by atoms with Gasteiger partial charge in [-0.3, -0.25) is 0 Å². The maximum absolute atomic E-state index is 5.90. The second-order valence-electron chi connectivity index (χ2n) is 4.68. The first-order chi connectivity index (χ1) is 8.31. The molecule has 1 aliphatic heterocycles. The lowest BCUT2D eigenvalue weighted by Crippen LogP contribution is -2.35. The number of nitrogens with zero attached hydrogens (tertiary/aromatic N) is 2. The van der Waals surface area contributed by atoms with E-state index in [2.05, 4.69) is 21.9 Å². The Labute approximate surface area is 101 Å². The Morgan fingerprint density at radius 2 is 2.06 bits per heavy atom. The van der Waals surface area contributed by atoms with Crippen LogP contribution < -0.4 is 4.74 Å². The number of ether oxygens (including phenoxy) is 1. The molecule has 0 radical (unpaired) electrons. The third-order valence-corrected chi connectivity index (χ3v) is 3.31. The molecule has 1 N–H and O–H groups in total. The quantitative estimate of drug-likeness (QED) is 0.860. The lowest BCUT2D eigenvalue weighted by molar-refractivity contribution is 0.106. The predicted molar refractivity (Wildman–Crippen MR) is 67.2 cm³/mol. The van der Waals surface area contributed by atoms with E-state index in [9.17, 15) is 0 Å². The molecule has 0 aliphatic carbocycles. The van der Waals surface area contributed by atoms with Gasteiger partial charge in [-0.1, -0.05) is 12.1 Å². The summed E-state index contributed by atoms with van der Waals surface area (Å²) < 4.78 is 5.90. The second kappa shape index (κ2) is 4.37. The van der Waals surface area contributed by atoms with Gasteiger partial charge in [-0.25, -0.2) is 0 Å². The SMILES string of the molecule is CN1CCC(Oc2nc3ccccc3[nH]2)CC1. The summed E-state index contributed by atoms with van der Waals surface area (Å²) in [7, 11) is 2.15. The van der Waals surface area contributed by atoms with Crippen LogP contribution in [0.15, 0.2) is 24.3 Å². The van der Waals surface area contributed by atoms with Gasteiger partial charge in [0.25, 0.3) is 6.01 Å². The Kier molecular flexibility index (Phi) is 2.73. The number of rotatable bonds is 2. The number of nitrogens with one attached hydrogen (secondary N) is 1. The molecule has 0 bridgehead atoms. The van der Waals surface area contributed by atoms with Crippen molar-refractivity contribution in [2.75, 3.05) is 20.1 Å². The van der Waals surface area contributed by atoms with Gasteiger partial charge in [0.1, 0.15) is 6.10 Å². The maximum Gasteiger partial charge on any atom is 0.294 e. The number of para-hydroxylation sites is 2. The molecule has 0 atom stereocenters. The Bertz CT molecular complexity index is 467. The fourth-order valence-electron chi connectivity index (χ4n) is 2.25. The molecule has 0 amide bonds. The molecule has 0 saturated carbocycles. The van der Waals surface area contributed by atoms with Crippen LogP contribution in [-0.2, 0) is 0 Å². The predicted octanol–water partition coefficient (Wildman–Crippen LogP) is 2.04. The van der Waals surface area contributed by atoms with Crippen molar-refractivity contribution < 1.29 is 4.74 Å². The first-order valence-electron chi connectivity index (χ1n) is 6.11. The average molecular weight is 231 g/mol. The highest BCUT2D eigenvalue weighted by molar-refractivity contribution is 5.75. The maximum atomic E-state index is 5.90. The lowest BCUT2D eigenvalue weighted by Gasteiger charge is -2.28. The summed E-state index contributed by atoms with van der Waals surface area (Å²) >= 11 is 0. The molecular weight excluding hydrogens is 214 g/mol.